The molecule has 2 aliphatic rings. The molecule has 11 heteroatoms. The molecule has 2 aromatic rings. The van der Waals surface area contributed by atoms with E-state index < -0.39 is 15.9 Å². The zero-order chi connectivity index (χ0) is 23.3. The van der Waals surface area contributed by atoms with Crippen LogP contribution in [-0.2, 0) is 19.6 Å². The first-order valence-electron chi connectivity index (χ1n) is 10.8. The van der Waals surface area contributed by atoms with E-state index in [0.717, 1.165) is 5.82 Å². The number of para-hydroxylation sites is 1. The molecule has 10 nitrogen and oxygen atoms in total. The first-order chi connectivity index (χ1) is 15.9. The third-order valence-corrected chi connectivity index (χ3v) is 7.42. The maximum atomic E-state index is 12.7. The van der Waals surface area contributed by atoms with Gasteiger partial charge in [-0.3, -0.25) is 9.59 Å². The molecule has 0 radical (unpaired) electrons. The van der Waals surface area contributed by atoms with Gasteiger partial charge in [0.25, 0.3) is 5.91 Å². The van der Waals surface area contributed by atoms with Gasteiger partial charge in [-0.05, 0) is 24.3 Å². The fraction of sp³-hybridized carbons (Fsp3) is 0.364. The Bertz CT molecular complexity index is 1120. The molecule has 1 aromatic heterocycles. The summed E-state index contributed by atoms with van der Waals surface area (Å²) in [4.78, 5) is 31.1. The molecular formula is C22H26N6O4S. The Balaban J connectivity index is 1.29. The van der Waals surface area contributed by atoms with E-state index in [1.165, 1.54) is 9.31 Å². The van der Waals surface area contributed by atoms with Crippen molar-refractivity contribution in [2.75, 3.05) is 48.4 Å². The molecule has 174 valence electrons. The number of carbonyl (C=O) groups is 2. The highest BCUT2D eigenvalue weighted by molar-refractivity contribution is 7.89. The second-order valence-electron chi connectivity index (χ2n) is 7.73. The van der Waals surface area contributed by atoms with E-state index in [2.05, 4.69) is 20.3 Å². The Morgan fingerprint density at radius 3 is 2.39 bits per heavy atom. The van der Waals surface area contributed by atoms with Crippen LogP contribution in [-0.4, -0.2) is 73.7 Å². The van der Waals surface area contributed by atoms with Crippen molar-refractivity contribution in [3.8, 4) is 0 Å². The molecule has 1 fully saturated rings. The summed E-state index contributed by atoms with van der Waals surface area (Å²) in [6.07, 6.45) is 2.10. The lowest BCUT2D eigenvalue weighted by molar-refractivity contribution is -0.118. The van der Waals surface area contributed by atoms with Gasteiger partial charge >= 0.3 is 0 Å². The molecule has 0 spiro atoms. The molecule has 0 saturated carbocycles. The average molecular weight is 471 g/mol. The molecule has 3 heterocycles. The molecule has 0 bridgehead atoms. The van der Waals surface area contributed by atoms with Gasteiger partial charge in [-0.25, -0.2) is 18.4 Å². The number of anilines is 2. The van der Waals surface area contributed by atoms with Crippen molar-refractivity contribution in [3.63, 3.8) is 0 Å². The van der Waals surface area contributed by atoms with Crippen LogP contribution in [0.15, 0.2) is 59.8 Å². The summed E-state index contributed by atoms with van der Waals surface area (Å²) in [5, 5.41) is 8.05. The van der Waals surface area contributed by atoms with Gasteiger partial charge in [-0.15, -0.1) is 0 Å². The predicted molar refractivity (Wildman–Crippen MR) is 125 cm³/mol. The van der Waals surface area contributed by atoms with Gasteiger partial charge < -0.3 is 10.2 Å². The van der Waals surface area contributed by atoms with Gasteiger partial charge in [-0.2, -0.15) is 9.41 Å². The van der Waals surface area contributed by atoms with Crippen LogP contribution in [0.25, 0.3) is 0 Å². The maximum Gasteiger partial charge on any atom is 0.267 e. The highest BCUT2D eigenvalue weighted by Gasteiger charge is 2.28. The minimum absolute atomic E-state index is 0.0279. The SMILES string of the molecule is O=C(NCCS(=O)(=O)N1CCN(c2ccccn2)CC1)C1=NN(c2ccccc2)C(=O)CC1. The van der Waals surface area contributed by atoms with E-state index in [9.17, 15) is 18.0 Å². The van der Waals surface area contributed by atoms with Crippen LogP contribution in [0.3, 0.4) is 0 Å². The molecule has 0 unspecified atom stereocenters. The summed E-state index contributed by atoms with van der Waals surface area (Å²) in [5.74, 6) is -0.0152. The molecule has 2 amide bonds. The summed E-state index contributed by atoms with van der Waals surface area (Å²) < 4.78 is 26.9. The fourth-order valence-electron chi connectivity index (χ4n) is 3.75. The number of aromatic nitrogens is 1. The topological polar surface area (TPSA) is 115 Å². The molecule has 4 rings (SSSR count). The van der Waals surface area contributed by atoms with Crippen LogP contribution in [0.2, 0.25) is 0 Å². The van der Waals surface area contributed by atoms with E-state index in [1.54, 1.807) is 30.5 Å². The quantitative estimate of drug-likeness (QED) is 0.641. The van der Waals surface area contributed by atoms with Crippen molar-refractivity contribution in [2.45, 2.75) is 12.8 Å². The molecule has 2 aliphatic heterocycles. The summed E-state index contributed by atoms with van der Waals surface area (Å²) in [6, 6.07) is 14.5. The van der Waals surface area contributed by atoms with E-state index in [4.69, 9.17) is 0 Å². The normalized spacial score (nSPS) is 17.6. The van der Waals surface area contributed by atoms with Crippen molar-refractivity contribution in [3.05, 3.63) is 54.7 Å². The monoisotopic (exact) mass is 470 g/mol. The van der Waals surface area contributed by atoms with Crippen molar-refractivity contribution in [2.24, 2.45) is 5.10 Å². The van der Waals surface area contributed by atoms with Crippen LogP contribution in [0.5, 0.6) is 0 Å². The zero-order valence-electron chi connectivity index (χ0n) is 18.1. The average Bonchev–Trinajstić information content (AvgIpc) is 2.85. The number of nitrogens with zero attached hydrogens (tertiary/aromatic N) is 5. The van der Waals surface area contributed by atoms with E-state index in [1.807, 2.05) is 24.3 Å². The smallest absolute Gasteiger partial charge is 0.267 e. The number of benzene rings is 1. The third kappa shape index (κ3) is 5.55. The minimum atomic E-state index is -3.51. The molecule has 1 saturated heterocycles. The summed E-state index contributed by atoms with van der Waals surface area (Å²) >= 11 is 0. The Morgan fingerprint density at radius 2 is 1.70 bits per heavy atom. The molecule has 0 atom stereocenters. The van der Waals surface area contributed by atoms with Crippen LogP contribution in [0.4, 0.5) is 11.5 Å². The Labute approximate surface area is 192 Å². The maximum absolute atomic E-state index is 12.7. The number of rotatable bonds is 7. The molecule has 33 heavy (non-hydrogen) atoms. The highest BCUT2D eigenvalue weighted by atomic mass is 32.2. The van der Waals surface area contributed by atoms with Gasteiger partial charge in [0.15, 0.2) is 0 Å². The summed E-state index contributed by atoms with van der Waals surface area (Å²) in [6.45, 7) is 1.83. The number of piperazine rings is 1. The number of pyridine rings is 1. The second-order valence-corrected chi connectivity index (χ2v) is 9.82. The van der Waals surface area contributed by atoms with Crippen LogP contribution in [0, 0.1) is 0 Å². The predicted octanol–water partition coefficient (Wildman–Crippen LogP) is 0.833. The highest BCUT2D eigenvalue weighted by Crippen LogP contribution is 2.20. The summed E-state index contributed by atoms with van der Waals surface area (Å²) in [7, 11) is -3.51. The Hall–Kier alpha value is -3.31. The molecule has 1 aromatic carbocycles. The first-order valence-corrected chi connectivity index (χ1v) is 12.4. The van der Waals surface area contributed by atoms with Gasteiger partial charge in [0.1, 0.15) is 11.5 Å². The van der Waals surface area contributed by atoms with Crippen LogP contribution < -0.4 is 15.2 Å². The van der Waals surface area contributed by atoms with Gasteiger partial charge in [-0.1, -0.05) is 24.3 Å². The van der Waals surface area contributed by atoms with Crippen molar-refractivity contribution < 1.29 is 18.0 Å². The number of nitrogens with one attached hydrogen (secondary N) is 1. The number of hydrazone groups is 1. The van der Waals surface area contributed by atoms with Crippen molar-refractivity contribution in [1.29, 1.82) is 0 Å². The van der Waals surface area contributed by atoms with Crippen molar-refractivity contribution >= 4 is 39.1 Å². The number of carbonyl (C=O) groups excluding carboxylic acids is 2. The number of sulfonamides is 1. The van der Waals surface area contributed by atoms with Gasteiger partial charge in [0.05, 0.1) is 11.4 Å². The minimum Gasteiger partial charge on any atom is -0.354 e. The third-order valence-electron chi connectivity index (χ3n) is 5.55. The Kier molecular flexibility index (Phi) is 6.99. The van der Waals surface area contributed by atoms with Gasteiger partial charge in [0.2, 0.25) is 15.9 Å². The van der Waals surface area contributed by atoms with Crippen LogP contribution in [0.1, 0.15) is 12.8 Å². The molecular weight excluding hydrogens is 444 g/mol. The van der Waals surface area contributed by atoms with Crippen LogP contribution >= 0.6 is 0 Å². The fourth-order valence-corrected chi connectivity index (χ4v) is 5.09. The number of hydrogen-bond acceptors (Lipinski definition) is 7. The second kappa shape index (κ2) is 10.1. The van der Waals surface area contributed by atoms with E-state index in [-0.39, 0.29) is 36.8 Å². The summed E-state index contributed by atoms with van der Waals surface area (Å²) in [5.41, 5.74) is 0.791. The lowest BCUT2D eigenvalue weighted by Crippen LogP contribution is -2.50. The lowest BCUT2D eigenvalue weighted by atomic mass is 10.1. The standard InChI is InChI=1S/C22H26N6O4S/c29-21-10-9-19(25-28(21)18-6-2-1-3-7-18)22(30)24-12-17-33(31,32)27-15-13-26(14-16-27)20-8-4-5-11-23-20/h1-8,11H,9-10,12-17H2,(H,24,30). The zero-order valence-corrected chi connectivity index (χ0v) is 18.9. The Morgan fingerprint density at radius 1 is 0.970 bits per heavy atom. The number of hydrogen-bond donors (Lipinski definition) is 1. The molecule has 0 aliphatic carbocycles. The van der Waals surface area contributed by atoms with E-state index >= 15 is 0 Å². The lowest BCUT2D eigenvalue weighted by Gasteiger charge is -2.34. The number of amides is 2. The molecule has 1 N–H and O–H groups in total. The van der Waals surface area contributed by atoms with E-state index in [0.29, 0.717) is 31.9 Å². The van der Waals surface area contributed by atoms with Crippen molar-refractivity contribution in [1.82, 2.24) is 14.6 Å². The largest absolute Gasteiger partial charge is 0.354 e. The van der Waals surface area contributed by atoms with Gasteiger partial charge in [0, 0.05) is 51.8 Å². The first kappa shape index (κ1) is 22.9.